The number of nitrogens with zero attached hydrogens (tertiary/aromatic N) is 2. The van der Waals surface area contributed by atoms with Crippen LogP contribution in [0.25, 0.3) is 4.96 Å². The van der Waals surface area contributed by atoms with E-state index in [0.717, 1.165) is 24.6 Å². The minimum Gasteiger partial charge on any atom is -0.355 e. The van der Waals surface area contributed by atoms with Crippen molar-refractivity contribution in [3.63, 3.8) is 0 Å². The van der Waals surface area contributed by atoms with Gasteiger partial charge in [0.2, 0.25) is 5.91 Å². The molecule has 1 fully saturated rings. The van der Waals surface area contributed by atoms with Gasteiger partial charge in [-0.2, -0.15) is 0 Å². The van der Waals surface area contributed by atoms with Gasteiger partial charge in [-0.25, -0.2) is 4.98 Å². The molecule has 0 radical (unpaired) electrons. The fraction of sp³-hybridized carbons (Fsp3) is 0.588. The van der Waals surface area contributed by atoms with E-state index in [1.165, 1.54) is 59.6 Å². The minimum absolute atomic E-state index is 0.0613. The Bertz CT molecular complexity index is 735. The average molecular weight is 366 g/mol. The summed E-state index contributed by atoms with van der Waals surface area (Å²) in [5.74, 6) is 1.86. The predicted octanol–water partition coefficient (Wildman–Crippen LogP) is 3.08. The van der Waals surface area contributed by atoms with Crippen molar-refractivity contribution in [1.29, 1.82) is 0 Å². The summed E-state index contributed by atoms with van der Waals surface area (Å²) in [6, 6.07) is 1.55. The van der Waals surface area contributed by atoms with Gasteiger partial charge >= 0.3 is 0 Å². The van der Waals surface area contributed by atoms with E-state index in [9.17, 15) is 9.59 Å². The molecule has 0 aromatic carbocycles. The van der Waals surface area contributed by atoms with E-state index in [1.807, 2.05) is 5.38 Å². The van der Waals surface area contributed by atoms with Gasteiger partial charge in [-0.3, -0.25) is 14.0 Å². The molecule has 3 rings (SSSR count). The predicted molar refractivity (Wildman–Crippen MR) is 99.7 cm³/mol. The highest BCUT2D eigenvalue weighted by molar-refractivity contribution is 7.99. The normalized spacial score (nSPS) is 15.7. The van der Waals surface area contributed by atoms with Crippen LogP contribution in [-0.4, -0.2) is 27.6 Å². The Morgan fingerprint density at radius 1 is 1.38 bits per heavy atom. The topological polar surface area (TPSA) is 63.5 Å². The Morgan fingerprint density at radius 2 is 2.21 bits per heavy atom. The summed E-state index contributed by atoms with van der Waals surface area (Å²) >= 11 is 2.95. The molecule has 0 spiro atoms. The van der Waals surface area contributed by atoms with Crippen LogP contribution in [0.1, 0.15) is 44.2 Å². The Kier molecular flexibility index (Phi) is 6.31. The molecule has 1 saturated carbocycles. The summed E-state index contributed by atoms with van der Waals surface area (Å²) in [4.78, 5) is 28.9. The van der Waals surface area contributed by atoms with Gasteiger partial charge in [0.15, 0.2) is 4.96 Å². The van der Waals surface area contributed by atoms with Gasteiger partial charge in [-0.05, 0) is 12.3 Å². The summed E-state index contributed by atoms with van der Waals surface area (Å²) in [6.07, 6.45) is 9.52. The fourth-order valence-corrected chi connectivity index (χ4v) is 4.64. The number of hydrogen-bond acceptors (Lipinski definition) is 5. The lowest BCUT2D eigenvalue weighted by Gasteiger charge is -2.21. The maximum Gasteiger partial charge on any atom is 0.258 e. The van der Waals surface area contributed by atoms with E-state index in [-0.39, 0.29) is 11.5 Å². The first-order chi connectivity index (χ1) is 11.7. The minimum atomic E-state index is -0.0613. The summed E-state index contributed by atoms with van der Waals surface area (Å²) in [5, 5.41) is 4.86. The molecule has 1 amide bonds. The maximum absolute atomic E-state index is 11.9. The van der Waals surface area contributed by atoms with Gasteiger partial charge in [0.05, 0.1) is 11.4 Å². The third kappa shape index (κ3) is 4.83. The number of thiazole rings is 1. The Morgan fingerprint density at radius 3 is 3.04 bits per heavy atom. The molecule has 0 atom stereocenters. The second-order valence-corrected chi connectivity index (χ2v) is 8.14. The van der Waals surface area contributed by atoms with Crippen LogP contribution in [0.5, 0.6) is 0 Å². The second-order valence-electron chi connectivity index (χ2n) is 6.28. The van der Waals surface area contributed by atoms with Gasteiger partial charge < -0.3 is 5.32 Å². The van der Waals surface area contributed by atoms with Crippen LogP contribution in [0.15, 0.2) is 22.4 Å². The summed E-state index contributed by atoms with van der Waals surface area (Å²) in [5.41, 5.74) is 0.677. The van der Waals surface area contributed by atoms with Crippen LogP contribution in [-0.2, 0) is 10.5 Å². The lowest BCUT2D eigenvalue weighted by atomic mass is 9.87. The lowest BCUT2D eigenvalue weighted by Crippen LogP contribution is -2.28. The van der Waals surface area contributed by atoms with Gasteiger partial charge in [0, 0.05) is 29.9 Å². The second kappa shape index (κ2) is 8.67. The highest BCUT2D eigenvalue weighted by Crippen LogP contribution is 2.25. The number of aromatic nitrogens is 2. The monoisotopic (exact) mass is 365 g/mol. The van der Waals surface area contributed by atoms with Gasteiger partial charge in [0.25, 0.3) is 5.56 Å². The van der Waals surface area contributed by atoms with Crippen LogP contribution in [0.2, 0.25) is 0 Å². The van der Waals surface area contributed by atoms with Crippen LogP contribution in [0, 0.1) is 5.92 Å². The van der Waals surface area contributed by atoms with Crippen LogP contribution < -0.4 is 10.9 Å². The quantitative estimate of drug-likeness (QED) is 0.819. The molecule has 130 valence electrons. The van der Waals surface area contributed by atoms with Crippen LogP contribution in [0.4, 0.5) is 0 Å². The molecule has 24 heavy (non-hydrogen) atoms. The van der Waals surface area contributed by atoms with Crippen molar-refractivity contribution in [2.75, 3.05) is 12.3 Å². The number of carbonyl (C=O) groups is 1. The van der Waals surface area contributed by atoms with Crippen molar-refractivity contribution in [3.8, 4) is 0 Å². The maximum atomic E-state index is 11.9. The number of thioether (sulfide) groups is 1. The molecule has 2 aromatic rings. The van der Waals surface area contributed by atoms with Gasteiger partial charge in [0.1, 0.15) is 0 Å². The molecule has 0 bridgehead atoms. The van der Waals surface area contributed by atoms with Crippen molar-refractivity contribution in [2.45, 2.75) is 44.3 Å². The largest absolute Gasteiger partial charge is 0.355 e. The van der Waals surface area contributed by atoms with Crippen molar-refractivity contribution >= 4 is 34.0 Å². The molecule has 0 unspecified atom stereocenters. The number of amides is 1. The Hall–Kier alpha value is -1.34. The first kappa shape index (κ1) is 17.5. The first-order valence-corrected chi connectivity index (χ1v) is 10.6. The molecule has 2 heterocycles. The molecule has 0 aliphatic heterocycles. The van der Waals surface area contributed by atoms with Gasteiger partial charge in [-0.15, -0.1) is 23.1 Å². The zero-order valence-electron chi connectivity index (χ0n) is 13.7. The van der Waals surface area contributed by atoms with Crippen molar-refractivity contribution < 1.29 is 4.79 Å². The van der Waals surface area contributed by atoms with E-state index >= 15 is 0 Å². The summed E-state index contributed by atoms with van der Waals surface area (Å²) in [6.45, 7) is 0.783. The fourth-order valence-electron chi connectivity index (χ4n) is 3.15. The summed E-state index contributed by atoms with van der Waals surface area (Å²) < 4.78 is 1.54. The number of hydrogen-bond donors (Lipinski definition) is 1. The van der Waals surface area contributed by atoms with Crippen molar-refractivity contribution in [2.24, 2.45) is 5.92 Å². The smallest absolute Gasteiger partial charge is 0.258 e. The van der Waals surface area contributed by atoms with E-state index in [2.05, 4.69) is 10.3 Å². The third-order valence-electron chi connectivity index (χ3n) is 4.44. The molecular formula is C17H23N3O2S2. The molecule has 1 aliphatic carbocycles. The molecule has 0 saturated heterocycles. The third-order valence-corrected chi connectivity index (χ3v) is 6.16. The highest BCUT2D eigenvalue weighted by atomic mass is 32.2. The number of rotatable bonds is 7. The number of fused-ring (bicyclic) bond motifs is 1. The molecule has 7 heteroatoms. The molecular weight excluding hydrogens is 342 g/mol. The van der Waals surface area contributed by atoms with Gasteiger partial charge in [-0.1, -0.05) is 32.1 Å². The Labute approximate surface area is 149 Å². The molecule has 1 N–H and O–H groups in total. The molecule has 1 aliphatic rings. The first-order valence-electron chi connectivity index (χ1n) is 8.52. The zero-order valence-corrected chi connectivity index (χ0v) is 15.3. The number of nitrogens with one attached hydrogen (secondary N) is 1. The zero-order chi connectivity index (χ0) is 16.8. The van der Waals surface area contributed by atoms with E-state index in [1.54, 1.807) is 12.3 Å². The van der Waals surface area contributed by atoms with E-state index in [0.29, 0.717) is 16.5 Å². The standard InChI is InChI=1S/C17H23N3O2S2/c21-15(18-7-6-13-4-2-1-3-5-13)12-23-11-14-10-16(22)20-8-9-24-17(20)19-14/h8-10,13H,1-7,11-12H2,(H,18,21). The highest BCUT2D eigenvalue weighted by Gasteiger charge is 2.13. The lowest BCUT2D eigenvalue weighted by molar-refractivity contribution is -0.118. The SMILES string of the molecule is O=C(CSCc1cc(=O)n2ccsc2n1)NCCC1CCCCC1. The Balaban J connectivity index is 1.37. The van der Waals surface area contributed by atoms with Crippen molar-refractivity contribution in [3.05, 3.63) is 33.7 Å². The number of carbonyl (C=O) groups excluding carboxylic acids is 1. The van der Waals surface area contributed by atoms with Crippen LogP contribution >= 0.6 is 23.1 Å². The van der Waals surface area contributed by atoms with E-state index < -0.39 is 0 Å². The van der Waals surface area contributed by atoms with Crippen molar-refractivity contribution in [1.82, 2.24) is 14.7 Å². The average Bonchev–Trinajstić information content (AvgIpc) is 3.05. The molecule has 5 nitrogen and oxygen atoms in total. The van der Waals surface area contributed by atoms with E-state index in [4.69, 9.17) is 0 Å². The summed E-state index contributed by atoms with van der Waals surface area (Å²) in [7, 11) is 0. The molecule has 2 aromatic heterocycles. The van der Waals surface area contributed by atoms with Crippen LogP contribution in [0.3, 0.4) is 0 Å².